The molecule has 0 unspecified atom stereocenters. The lowest BCUT2D eigenvalue weighted by atomic mass is 10.1. The fourth-order valence-corrected chi connectivity index (χ4v) is 2.86. The first kappa shape index (κ1) is 18.8. The molecule has 1 aromatic heterocycles. The summed E-state index contributed by atoms with van der Waals surface area (Å²) in [5, 5.41) is 14.2. The van der Waals surface area contributed by atoms with E-state index < -0.39 is 0 Å². The maximum absolute atomic E-state index is 9.35. The molecule has 1 N–H and O–H groups in total. The van der Waals surface area contributed by atoms with Crippen LogP contribution in [0.5, 0.6) is 11.5 Å². The van der Waals surface area contributed by atoms with E-state index in [0.717, 1.165) is 20.9 Å². The molecule has 5 nitrogen and oxygen atoms in total. The van der Waals surface area contributed by atoms with Crippen LogP contribution in [0.25, 0.3) is 10.8 Å². The molecular formula is C18H15BrClN3O2. The summed E-state index contributed by atoms with van der Waals surface area (Å²) in [6, 6.07) is 13.6. The van der Waals surface area contributed by atoms with Crippen molar-refractivity contribution in [3.05, 3.63) is 52.6 Å². The topological polar surface area (TPSA) is 67.2 Å². The molecule has 0 aliphatic rings. The van der Waals surface area contributed by atoms with Crippen molar-refractivity contribution in [3.63, 3.8) is 0 Å². The second-order valence-corrected chi connectivity index (χ2v) is 5.94. The minimum Gasteiger partial charge on any atom is -0.493 e. The van der Waals surface area contributed by atoms with Gasteiger partial charge in [-0.3, -0.25) is 0 Å². The average molecular weight is 421 g/mol. The standard InChI is InChI=1S/C18H14BrN3O2.ClH/c1-23-16-7-14-11(9-20)10-21-18(15(14)8-17(16)24-2)22-13-5-3-4-12(19)6-13;/h3-8,10H,1-2H3,(H,21,22);1H. The molecule has 0 bridgehead atoms. The Morgan fingerprint density at radius 2 is 1.76 bits per heavy atom. The van der Waals surface area contributed by atoms with Gasteiger partial charge in [-0.05, 0) is 30.3 Å². The number of nitrogens with one attached hydrogen (secondary N) is 1. The molecule has 128 valence electrons. The van der Waals surface area contributed by atoms with Crippen LogP contribution in [0.15, 0.2) is 47.1 Å². The van der Waals surface area contributed by atoms with Crippen molar-refractivity contribution in [2.24, 2.45) is 0 Å². The summed E-state index contributed by atoms with van der Waals surface area (Å²) in [5.74, 6) is 1.79. The van der Waals surface area contributed by atoms with Crippen LogP contribution in [0, 0.1) is 11.3 Å². The summed E-state index contributed by atoms with van der Waals surface area (Å²) < 4.78 is 11.7. The minimum absolute atomic E-state index is 0. The van der Waals surface area contributed by atoms with Crippen LogP contribution in [-0.2, 0) is 0 Å². The third-order valence-electron chi connectivity index (χ3n) is 3.60. The van der Waals surface area contributed by atoms with Gasteiger partial charge in [-0.25, -0.2) is 4.98 Å². The van der Waals surface area contributed by atoms with Crippen LogP contribution in [0.1, 0.15) is 5.56 Å². The van der Waals surface area contributed by atoms with Crippen molar-refractivity contribution in [1.82, 2.24) is 4.98 Å². The largest absolute Gasteiger partial charge is 0.493 e. The van der Waals surface area contributed by atoms with E-state index in [2.05, 4.69) is 32.3 Å². The number of anilines is 2. The molecule has 0 aliphatic carbocycles. The number of hydrogen-bond donors (Lipinski definition) is 1. The van der Waals surface area contributed by atoms with Crippen LogP contribution in [0.3, 0.4) is 0 Å². The summed E-state index contributed by atoms with van der Waals surface area (Å²) in [7, 11) is 3.14. The van der Waals surface area contributed by atoms with E-state index in [4.69, 9.17) is 9.47 Å². The van der Waals surface area contributed by atoms with E-state index in [1.165, 1.54) is 0 Å². The third kappa shape index (κ3) is 3.78. The number of nitrogens with zero attached hydrogens (tertiary/aromatic N) is 2. The lowest BCUT2D eigenvalue weighted by molar-refractivity contribution is 0.356. The molecule has 25 heavy (non-hydrogen) atoms. The van der Waals surface area contributed by atoms with Crippen molar-refractivity contribution in [2.45, 2.75) is 0 Å². The minimum atomic E-state index is 0. The molecule has 7 heteroatoms. The molecule has 0 radical (unpaired) electrons. The second kappa shape index (κ2) is 8.06. The van der Waals surface area contributed by atoms with E-state index in [1.54, 1.807) is 26.5 Å². The fraction of sp³-hybridized carbons (Fsp3) is 0.111. The fourth-order valence-electron chi connectivity index (χ4n) is 2.46. The van der Waals surface area contributed by atoms with Crippen molar-refractivity contribution < 1.29 is 9.47 Å². The molecule has 3 aromatic rings. The lowest BCUT2D eigenvalue weighted by Gasteiger charge is -2.13. The van der Waals surface area contributed by atoms with Gasteiger partial charge in [0.2, 0.25) is 0 Å². The normalized spacial score (nSPS) is 9.84. The molecule has 1 heterocycles. The molecule has 0 amide bonds. The Hall–Kier alpha value is -2.49. The zero-order chi connectivity index (χ0) is 17.1. The van der Waals surface area contributed by atoms with Gasteiger partial charge in [0, 0.05) is 27.1 Å². The second-order valence-electron chi connectivity index (χ2n) is 5.02. The number of methoxy groups -OCH3 is 2. The molecule has 0 spiro atoms. The van der Waals surface area contributed by atoms with Gasteiger partial charge >= 0.3 is 0 Å². The van der Waals surface area contributed by atoms with Gasteiger partial charge in [0.1, 0.15) is 11.9 Å². The first-order valence-electron chi connectivity index (χ1n) is 7.13. The van der Waals surface area contributed by atoms with Crippen LogP contribution in [0.4, 0.5) is 11.5 Å². The maximum Gasteiger partial charge on any atom is 0.161 e. The van der Waals surface area contributed by atoms with Crippen molar-refractivity contribution in [3.8, 4) is 17.6 Å². The van der Waals surface area contributed by atoms with Gasteiger partial charge < -0.3 is 14.8 Å². The summed E-state index contributed by atoms with van der Waals surface area (Å²) in [6.45, 7) is 0. The van der Waals surface area contributed by atoms with E-state index in [-0.39, 0.29) is 12.4 Å². The highest BCUT2D eigenvalue weighted by atomic mass is 79.9. The SMILES string of the molecule is COc1cc2c(C#N)cnc(Nc3cccc(Br)c3)c2cc1OC.Cl. The van der Waals surface area contributed by atoms with Crippen LogP contribution < -0.4 is 14.8 Å². The predicted octanol–water partition coefficient (Wildman–Crippen LogP) is 5.05. The number of hydrogen-bond acceptors (Lipinski definition) is 5. The number of halogens is 2. The Bertz CT molecular complexity index is 957. The summed E-state index contributed by atoms with van der Waals surface area (Å²) >= 11 is 3.45. The number of aromatic nitrogens is 1. The van der Waals surface area contributed by atoms with Gasteiger partial charge in [0.25, 0.3) is 0 Å². The molecule has 0 atom stereocenters. The summed E-state index contributed by atoms with van der Waals surface area (Å²) in [5.41, 5.74) is 1.36. The molecule has 0 fully saturated rings. The van der Waals surface area contributed by atoms with E-state index >= 15 is 0 Å². The lowest BCUT2D eigenvalue weighted by Crippen LogP contribution is -1.98. The Kier molecular flexibility index (Phi) is 6.07. The summed E-state index contributed by atoms with van der Waals surface area (Å²) in [4.78, 5) is 4.39. The quantitative estimate of drug-likeness (QED) is 0.639. The average Bonchev–Trinajstić information content (AvgIpc) is 2.60. The number of ether oxygens (including phenoxy) is 2. The Balaban J connectivity index is 0.00000225. The van der Waals surface area contributed by atoms with Crippen molar-refractivity contribution in [2.75, 3.05) is 19.5 Å². The molecular weight excluding hydrogens is 406 g/mol. The first-order valence-corrected chi connectivity index (χ1v) is 7.93. The predicted molar refractivity (Wildman–Crippen MR) is 104 cm³/mol. The molecule has 0 aliphatic heterocycles. The van der Waals surface area contributed by atoms with Crippen molar-refractivity contribution in [1.29, 1.82) is 5.26 Å². The highest BCUT2D eigenvalue weighted by Crippen LogP contribution is 2.36. The van der Waals surface area contributed by atoms with Gasteiger partial charge in [0.15, 0.2) is 11.5 Å². The molecule has 0 saturated carbocycles. The zero-order valence-electron chi connectivity index (χ0n) is 13.5. The highest BCUT2D eigenvalue weighted by molar-refractivity contribution is 9.10. The van der Waals surface area contributed by atoms with Gasteiger partial charge in [-0.15, -0.1) is 12.4 Å². The van der Waals surface area contributed by atoms with Crippen LogP contribution in [-0.4, -0.2) is 19.2 Å². The Morgan fingerprint density at radius 1 is 1.08 bits per heavy atom. The number of fused-ring (bicyclic) bond motifs is 1. The number of pyridine rings is 1. The highest BCUT2D eigenvalue weighted by Gasteiger charge is 2.13. The van der Waals surface area contributed by atoms with Crippen LogP contribution in [0.2, 0.25) is 0 Å². The molecule has 2 aromatic carbocycles. The van der Waals surface area contributed by atoms with E-state index in [0.29, 0.717) is 22.9 Å². The number of benzene rings is 2. The monoisotopic (exact) mass is 419 g/mol. The maximum atomic E-state index is 9.35. The number of nitriles is 1. The molecule has 3 rings (SSSR count). The van der Waals surface area contributed by atoms with Gasteiger partial charge in [0.05, 0.1) is 19.8 Å². The Labute approximate surface area is 160 Å². The summed E-state index contributed by atoms with van der Waals surface area (Å²) in [6.07, 6.45) is 1.55. The first-order chi connectivity index (χ1) is 11.7. The van der Waals surface area contributed by atoms with Crippen LogP contribution >= 0.6 is 28.3 Å². The molecule has 0 saturated heterocycles. The van der Waals surface area contributed by atoms with Gasteiger partial charge in [-0.2, -0.15) is 5.26 Å². The zero-order valence-corrected chi connectivity index (χ0v) is 15.9. The van der Waals surface area contributed by atoms with Gasteiger partial charge in [-0.1, -0.05) is 22.0 Å². The van der Waals surface area contributed by atoms with E-state index in [1.807, 2.05) is 30.3 Å². The number of rotatable bonds is 4. The third-order valence-corrected chi connectivity index (χ3v) is 4.09. The van der Waals surface area contributed by atoms with E-state index in [9.17, 15) is 5.26 Å². The van der Waals surface area contributed by atoms with Crippen molar-refractivity contribution >= 4 is 50.6 Å². The smallest absolute Gasteiger partial charge is 0.161 e. The Morgan fingerprint density at radius 3 is 2.36 bits per heavy atom.